The fourth-order valence-corrected chi connectivity index (χ4v) is 4.19. The molecule has 5 rings (SSSR count). The van der Waals surface area contributed by atoms with Crippen LogP contribution in [-0.4, -0.2) is 24.5 Å². The molecule has 1 unspecified atom stereocenters. The third-order valence-corrected chi connectivity index (χ3v) is 6.05. The van der Waals surface area contributed by atoms with Gasteiger partial charge in [-0.05, 0) is 41.5 Å². The van der Waals surface area contributed by atoms with E-state index < -0.39 is 11.6 Å². The van der Waals surface area contributed by atoms with Gasteiger partial charge in [0.2, 0.25) is 0 Å². The monoisotopic (exact) mass is 478 g/mol. The molecule has 0 saturated carbocycles. The maximum atomic E-state index is 14.6. The Hall–Kier alpha value is -3.78. The van der Waals surface area contributed by atoms with Gasteiger partial charge in [-0.15, -0.1) is 0 Å². The number of rotatable bonds is 8. The molecule has 0 spiro atoms. The number of anilines is 1. The van der Waals surface area contributed by atoms with Crippen molar-refractivity contribution in [2.75, 3.05) is 5.32 Å². The van der Waals surface area contributed by atoms with Gasteiger partial charge in [0, 0.05) is 47.4 Å². The molecule has 1 N–H and O–H groups in total. The lowest BCUT2D eigenvalue weighted by Crippen LogP contribution is -2.17. The van der Waals surface area contributed by atoms with Crippen molar-refractivity contribution in [3.63, 3.8) is 0 Å². The third-order valence-electron chi connectivity index (χ3n) is 5.68. The molecule has 2 aromatic heterocycles. The second-order valence-corrected chi connectivity index (χ2v) is 8.46. The fourth-order valence-electron chi connectivity index (χ4n) is 3.98. The van der Waals surface area contributed by atoms with Crippen LogP contribution in [0.5, 0.6) is 0 Å². The summed E-state index contributed by atoms with van der Waals surface area (Å²) in [4.78, 5) is 3.96. The summed E-state index contributed by atoms with van der Waals surface area (Å²) < 4.78 is 31.5. The van der Waals surface area contributed by atoms with Crippen molar-refractivity contribution in [2.45, 2.75) is 25.6 Å². The van der Waals surface area contributed by atoms with Crippen LogP contribution < -0.4 is 5.32 Å². The van der Waals surface area contributed by atoms with Crippen LogP contribution in [0.1, 0.15) is 17.0 Å². The minimum absolute atomic E-state index is 0.325. The van der Waals surface area contributed by atoms with Crippen LogP contribution in [0, 0.1) is 11.6 Å². The first-order chi connectivity index (χ1) is 16.5. The highest BCUT2D eigenvalue weighted by Crippen LogP contribution is 2.26. The lowest BCUT2D eigenvalue weighted by atomic mass is 9.98. The molecule has 0 amide bonds. The predicted molar refractivity (Wildman–Crippen MR) is 128 cm³/mol. The number of halogens is 3. The number of hydrogen-bond donors (Lipinski definition) is 1. The Morgan fingerprint density at radius 3 is 2.62 bits per heavy atom. The van der Waals surface area contributed by atoms with Crippen molar-refractivity contribution in [3.05, 3.63) is 107 Å². The summed E-state index contributed by atoms with van der Waals surface area (Å²) in [5, 5.41) is 13.8. The van der Waals surface area contributed by atoms with Gasteiger partial charge in [-0.25, -0.2) is 13.8 Å². The number of fused-ring (bicyclic) bond motifs is 1. The molecule has 0 bridgehead atoms. The summed E-state index contributed by atoms with van der Waals surface area (Å²) in [5.41, 5.74) is 3.17. The van der Waals surface area contributed by atoms with E-state index in [9.17, 15) is 8.78 Å². The van der Waals surface area contributed by atoms with E-state index in [0.717, 1.165) is 33.2 Å². The molecule has 0 aliphatic heterocycles. The van der Waals surface area contributed by atoms with Gasteiger partial charge in [0.25, 0.3) is 0 Å². The molecule has 0 radical (unpaired) electrons. The lowest BCUT2D eigenvalue weighted by Gasteiger charge is -2.18. The van der Waals surface area contributed by atoms with Crippen molar-refractivity contribution < 1.29 is 8.78 Å². The van der Waals surface area contributed by atoms with Crippen molar-refractivity contribution in [1.29, 1.82) is 0 Å². The summed E-state index contributed by atoms with van der Waals surface area (Å²) in [5.74, 6) is -1.52. The van der Waals surface area contributed by atoms with Crippen molar-refractivity contribution in [2.24, 2.45) is 0 Å². The van der Waals surface area contributed by atoms with Gasteiger partial charge in [-0.3, -0.25) is 9.36 Å². The first-order valence-electron chi connectivity index (χ1n) is 10.8. The van der Waals surface area contributed by atoms with Crippen LogP contribution in [0.15, 0.2) is 79.5 Å². The normalized spacial score (nSPS) is 12.2. The topological polar surface area (TPSA) is 60.6 Å². The maximum Gasteiger partial charge on any atom is 0.137 e. The molecular weight excluding hydrogens is 458 g/mol. The van der Waals surface area contributed by atoms with Crippen LogP contribution in [0.2, 0.25) is 5.02 Å². The Bertz CT molecular complexity index is 1420. The van der Waals surface area contributed by atoms with E-state index >= 15 is 0 Å². The summed E-state index contributed by atoms with van der Waals surface area (Å²) in [6, 6.07) is 17.3. The molecule has 172 valence electrons. The molecule has 9 heteroatoms. The van der Waals surface area contributed by atoms with Crippen molar-refractivity contribution in [1.82, 2.24) is 24.5 Å². The third kappa shape index (κ3) is 4.92. The highest BCUT2D eigenvalue weighted by molar-refractivity contribution is 6.31. The number of hydrogen-bond acceptors (Lipinski definition) is 4. The molecule has 1 atom stereocenters. The zero-order chi connectivity index (χ0) is 23.5. The minimum Gasteiger partial charge on any atom is -0.381 e. The van der Waals surface area contributed by atoms with Gasteiger partial charge in [0.15, 0.2) is 0 Å². The van der Waals surface area contributed by atoms with Gasteiger partial charge in [0.1, 0.15) is 24.3 Å². The summed E-state index contributed by atoms with van der Waals surface area (Å²) in [7, 11) is 0. The van der Waals surface area contributed by atoms with E-state index in [2.05, 4.69) is 20.5 Å². The van der Waals surface area contributed by atoms with Crippen LogP contribution >= 0.6 is 11.6 Å². The quantitative estimate of drug-likeness (QED) is 0.313. The van der Waals surface area contributed by atoms with E-state index in [-0.39, 0.29) is 5.92 Å². The number of benzene rings is 3. The van der Waals surface area contributed by atoms with Crippen molar-refractivity contribution in [3.8, 4) is 0 Å². The van der Waals surface area contributed by atoms with Crippen LogP contribution in [-0.2, 0) is 19.6 Å². The minimum atomic E-state index is -0.609. The van der Waals surface area contributed by atoms with E-state index in [1.54, 1.807) is 15.7 Å². The van der Waals surface area contributed by atoms with Gasteiger partial charge in [-0.1, -0.05) is 35.9 Å². The second-order valence-electron chi connectivity index (χ2n) is 8.05. The van der Waals surface area contributed by atoms with Gasteiger partial charge >= 0.3 is 0 Å². The molecule has 6 nitrogen and oxygen atoms in total. The van der Waals surface area contributed by atoms with Crippen LogP contribution in [0.4, 0.5) is 14.5 Å². The molecule has 5 aromatic rings. The van der Waals surface area contributed by atoms with Crippen LogP contribution in [0.3, 0.4) is 0 Å². The highest BCUT2D eigenvalue weighted by Gasteiger charge is 2.19. The number of nitrogens with zero attached hydrogens (tertiary/aromatic N) is 5. The second kappa shape index (κ2) is 9.61. The Balaban J connectivity index is 1.37. The molecular formula is C25H21ClF2N6. The van der Waals surface area contributed by atoms with E-state index in [4.69, 9.17) is 11.6 Å². The predicted octanol–water partition coefficient (Wildman–Crippen LogP) is 5.66. The molecule has 0 aliphatic rings. The first-order valence-corrected chi connectivity index (χ1v) is 11.1. The molecule has 0 aliphatic carbocycles. The molecule has 2 heterocycles. The van der Waals surface area contributed by atoms with Crippen LogP contribution in [0.25, 0.3) is 10.9 Å². The largest absolute Gasteiger partial charge is 0.381 e. The zero-order valence-electron chi connectivity index (χ0n) is 18.1. The zero-order valence-corrected chi connectivity index (χ0v) is 18.8. The Labute approximate surface area is 199 Å². The van der Waals surface area contributed by atoms with E-state index in [0.29, 0.717) is 25.2 Å². The molecule has 34 heavy (non-hydrogen) atoms. The van der Waals surface area contributed by atoms with Crippen molar-refractivity contribution >= 4 is 28.2 Å². The van der Waals surface area contributed by atoms with E-state index in [1.165, 1.54) is 18.5 Å². The SMILES string of the molecule is Fc1ccc(C(Cn2cncn2)Cn2cc3cc(NCc4ccccc4Cl)ccc3n2)c(F)c1. The summed E-state index contributed by atoms with van der Waals surface area (Å²) in [6.07, 6.45) is 4.92. The van der Waals surface area contributed by atoms with Gasteiger partial charge < -0.3 is 5.32 Å². The molecule has 0 fully saturated rings. The smallest absolute Gasteiger partial charge is 0.137 e. The molecule has 3 aromatic carbocycles. The first kappa shape index (κ1) is 22.0. The van der Waals surface area contributed by atoms with E-state index in [1.807, 2.05) is 48.7 Å². The standard InChI is InChI=1S/C25H21ClF2N6/c26-23-4-2-1-3-17(23)11-30-21-6-8-25-18(9-21)12-33(32-25)13-19(14-34-16-29-15-31-34)22-7-5-20(27)10-24(22)28/h1-10,12,15-16,19,30H,11,13-14H2. The van der Waals surface area contributed by atoms with Gasteiger partial charge in [0.05, 0.1) is 12.1 Å². The highest BCUT2D eigenvalue weighted by atomic mass is 35.5. The average molecular weight is 479 g/mol. The number of aromatic nitrogens is 5. The Kier molecular flexibility index (Phi) is 6.22. The van der Waals surface area contributed by atoms with Gasteiger partial charge in [-0.2, -0.15) is 10.2 Å². The summed E-state index contributed by atoms with van der Waals surface area (Å²) >= 11 is 6.25. The fraction of sp³-hybridized carbons (Fsp3) is 0.160. The molecule has 0 saturated heterocycles. The Morgan fingerprint density at radius 2 is 1.82 bits per heavy atom. The number of nitrogens with one attached hydrogen (secondary N) is 1. The average Bonchev–Trinajstić information content (AvgIpc) is 3.47. The summed E-state index contributed by atoms with van der Waals surface area (Å²) in [6.45, 7) is 1.37. The Morgan fingerprint density at radius 1 is 0.971 bits per heavy atom. The lowest BCUT2D eigenvalue weighted by molar-refractivity contribution is 0.424. The maximum absolute atomic E-state index is 14.6.